The molecule has 8 rings (SSSR count). The van der Waals surface area contributed by atoms with Gasteiger partial charge in [-0.05, 0) is 96.8 Å². The van der Waals surface area contributed by atoms with Crippen molar-refractivity contribution in [1.29, 1.82) is 0 Å². The summed E-state index contributed by atoms with van der Waals surface area (Å²) in [5.41, 5.74) is 11.6. The Morgan fingerprint density at radius 1 is 0.585 bits per heavy atom. The number of ether oxygens (including phenoxy) is 1. The van der Waals surface area contributed by atoms with Crippen molar-refractivity contribution < 1.29 is 4.74 Å². The van der Waals surface area contributed by atoms with Crippen LogP contribution in [0.15, 0.2) is 128 Å². The summed E-state index contributed by atoms with van der Waals surface area (Å²) in [5.74, 6) is 1.72. The molecule has 0 amide bonds. The number of hydrogen-bond donors (Lipinski definition) is 0. The molecule has 0 fully saturated rings. The van der Waals surface area contributed by atoms with Crippen LogP contribution in [0.3, 0.4) is 0 Å². The minimum Gasteiger partial charge on any atom is -0.453 e. The maximum atomic E-state index is 6.20. The molecule has 2 aromatic heterocycles. The van der Waals surface area contributed by atoms with Crippen LogP contribution < -0.4 is 9.64 Å². The SMILES string of the molecule is Cc1cc(-c2ccc(N3c4ccccc4Oc4ccccc43)cc2)cc(C)c1-n1c2ccccc2c2cnccc21. The van der Waals surface area contributed by atoms with Crippen molar-refractivity contribution >= 4 is 38.9 Å². The highest BCUT2D eigenvalue weighted by molar-refractivity contribution is 6.09. The zero-order valence-electron chi connectivity index (χ0n) is 22.9. The Hall–Kier alpha value is -5.35. The highest BCUT2D eigenvalue weighted by Gasteiger charge is 2.25. The lowest BCUT2D eigenvalue weighted by atomic mass is 9.98. The molecule has 0 unspecified atom stereocenters. The van der Waals surface area contributed by atoms with E-state index in [2.05, 4.69) is 119 Å². The molecule has 4 nitrogen and oxygen atoms in total. The van der Waals surface area contributed by atoms with Gasteiger partial charge in [-0.15, -0.1) is 0 Å². The van der Waals surface area contributed by atoms with Crippen LogP contribution in [0.2, 0.25) is 0 Å². The summed E-state index contributed by atoms with van der Waals surface area (Å²) in [6.07, 6.45) is 3.85. The fraction of sp³-hybridized carbons (Fsp3) is 0.0541. The number of anilines is 3. The Labute approximate surface area is 238 Å². The van der Waals surface area contributed by atoms with Crippen LogP contribution >= 0.6 is 0 Å². The molecular weight excluding hydrogens is 502 g/mol. The molecule has 0 N–H and O–H groups in total. The molecule has 0 spiro atoms. The number of fused-ring (bicyclic) bond motifs is 5. The topological polar surface area (TPSA) is 30.3 Å². The number of nitrogens with zero attached hydrogens (tertiary/aromatic N) is 3. The van der Waals surface area contributed by atoms with E-state index in [0.29, 0.717) is 0 Å². The van der Waals surface area contributed by atoms with Crippen LogP contribution in [0.1, 0.15) is 11.1 Å². The number of benzene rings is 5. The molecule has 0 radical (unpaired) electrons. The summed E-state index contributed by atoms with van der Waals surface area (Å²) in [6, 6.07) is 40.5. The quantitative estimate of drug-likeness (QED) is 0.228. The van der Waals surface area contributed by atoms with Gasteiger partial charge in [-0.3, -0.25) is 4.98 Å². The molecular formula is C37H27N3O. The summed E-state index contributed by atoms with van der Waals surface area (Å²) >= 11 is 0. The molecule has 0 saturated heterocycles. The predicted molar refractivity (Wildman–Crippen MR) is 168 cm³/mol. The van der Waals surface area contributed by atoms with Gasteiger partial charge in [0.15, 0.2) is 11.5 Å². The number of hydrogen-bond acceptors (Lipinski definition) is 3. The summed E-state index contributed by atoms with van der Waals surface area (Å²) < 4.78 is 8.58. The standard InChI is InChI=1S/C37H27N3O/c1-24-21-27(22-25(2)37(24)40-31-10-4-3-9-29(31)30-23-38-20-19-32(30)40)26-15-17-28(18-16-26)39-33-11-5-7-13-35(33)41-36-14-8-6-12-34(36)39/h3-23H,1-2H3. The Morgan fingerprint density at radius 3 is 1.90 bits per heavy atom. The second-order valence-electron chi connectivity index (χ2n) is 10.6. The molecule has 0 saturated carbocycles. The summed E-state index contributed by atoms with van der Waals surface area (Å²) in [4.78, 5) is 6.68. The second kappa shape index (κ2) is 9.10. The van der Waals surface area contributed by atoms with E-state index in [-0.39, 0.29) is 0 Å². The van der Waals surface area contributed by atoms with Crippen molar-refractivity contribution in [3.63, 3.8) is 0 Å². The van der Waals surface area contributed by atoms with Crippen molar-refractivity contribution in [3.8, 4) is 28.3 Å². The van der Waals surface area contributed by atoms with E-state index in [1.807, 2.05) is 36.7 Å². The first-order chi connectivity index (χ1) is 20.2. The van der Waals surface area contributed by atoms with Gasteiger partial charge in [0.05, 0.1) is 28.1 Å². The molecule has 3 heterocycles. The van der Waals surface area contributed by atoms with Crippen molar-refractivity contribution in [2.75, 3.05) is 4.90 Å². The smallest absolute Gasteiger partial charge is 0.151 e. The predicted octanol–water partition coefficient (Wildman–Crippen LogP) is 10.0. The average Bonchev–Trinajstić information content (AvgIpc) is 3.34. The molecule has 0 aliphatic carbocycles. The Balaban J connectivity index is 1.21. The van der Waals surface area contributed by atoms with Crippen LogP contribution in [-0.2, 0) is 0 Å². The van der Waals surface area contributed by atoms with E-state index < -0.39 is 0 Å². The molecule has 196 valence electrons. The van der Waals surface area contributed by atoms with Gasteiger partial charge >= 0.3 is 0 Å². The fourth-order valence-electron chi connectivity index (χ4n) is 6.32. The van der Waals surface area contributed by atoms with E-state index in [9.17, 15) is 0 Å². The van der Waals surface area contributed by atoms with Gasteiger partial charge in [0.1, 0.15) is 0 Å². The number of aromatic nitrogens is 2. The van der Waals surface area contributed by atoms with Crippen molar-refractivity contribution in [1.82, 2.24) is 9.55 Å². The lowest BCUT2D eigenvalue weighted by Crippen LogP contribution is -2.15. The largest absolute Gasteiger partial charge is 0.453 e. The summed E-state index contributed by atoms with van der Waals surface area (Å²) in [5, 5.41) is 2.40. The lowest BCUT2D eigenvalue weighted by Gasteiger charge is -2.32. The third-order valence-corrected chi connectivity index (χ3v) is 8.08. The third-order valence-electron chi connectivity index (χ3n) is 8.08. The molecule has 0 atom stereocenters. The molecule has 5 aromatic carbocycles. The van der Waals surface area contributed by atoms with Gasteiger partial charge < -0.3 is 14.2 Å². The Kier molecular flexibility index (Phi) is 5.22. The van der Waals surface area contributed by atoms with Gasteiger partial charge in [0, 0.05) is 28.9 Å². The number of pyridine rings is 1. The van der Waals surface area contributed by atoms with Gasteiger partial charge in [0.2, 0.25) is 0 Å². The van der Waals surface area contributed by atoms with Crippen molar-refractivity contribution in [3.05, 3.63) is 139 Å². The van der Waals surface area contributed by atoms with Crippen LogP contribution in [-0.4, -0.2) is 9.55 Å². The highest BCUT2D eigenvalue weighted by atomic mass is 16.5. The minimum atomic E-state index is 0.859. The summed E-state index contributed by atoms with van der Waals surface area (Å²) in [7, 11) is 0. The van der Waals surface area contributed by atoms with Crippen LogP contribution in [0.25, 0.3) is 38.6 Å². The van der Waals surface area contributed by atoms with Crippen LogP contribution in [0, 0.1) is 13.8 Å². The fourth-order valence-corrected chi connectivity index (χ4v) is 6.32. The van der Waals surface area contributed by atoms with Crippen LogP contribution in [0.4, 0.5) is 17.1 Å². The van der Waals surface area contributed by atoms with Crippen molar-refractivity contribution in [2.45, 2.75) is 13.8 Å². The zero-order valence-corrected chi connectivity index (χ0v) is 22.9. The monoisotopic (exact) mass is 529 g/mol. The molecule has 41 heavy (non-hydrogen) atoms. The van der Waals surface area contributed by atoms with E-state index in [1.165, 1.54) is 49.7 Å². The van der Waals surface area contributed by atoms with Gasteiger partial charge in [-0.1, -0.05) is 54.6 Å². The normalized spacial score (nSPS) is 12.3. The zero-order chi connectivity index (χ0) is 27.5. The van der Waals surface area contributed by atoms with E-state index in [1.54, 1.807) is 0 Å². The molecule has 1 aliphatic heterocycles. The number of para-hydroxylation sites is 5. The van der Waals surface area contributed by atoms with Crippen LogP contribution in [0.5, 0.6) is 11.5 Å². The first-order valence-corrected chi connectivity index (χ1v) is 13.9. The maximum Gasteiger partial charge on any atom is 0.151 e. The van der Waals surface area contributed by atoms with Gasteiger partial charge in [-0.25, -0.2) is 0 Å². The van der Waals surface area contributed by atoms with Gasteiger partial charge in [-0.2, -0.15) is 0 Å². The molecule has 0 bridgehead atoms. The summed E-state index contributed by atoms with van der Waals surface area (Å²) in [6.45, 7) is 4.42. The number of aryl methyl sites for hydroxylation is 2. The van der Waals surface area contributed by atoms with Crippen molar-refractivity contribution in [2.24, 2.45) is 0 Å². The average molecular weight is 530 g/mol. The molecule has 1 aliphatic rings. The second-order valence-corrected chi connectivity index (χ2v) is 10.6. The van der Waals surface area contributed by atoms with E-state index >= 15 is 0 Å². The van der Waals surface area contributed by atoms with Gasteiger partial charge in [0.25, 0.3) is 0 Å². The first kappa shape index (κ1) is 23.5. The van der Waals surface area contributed by atoms with E-state index in [4.69, 9.17) is 4.74 Å². The number of rotatable bonds is 3. The first-order valence-electron chi connectivity index (χ1n) is 13.9. The molecule has 7 aromatic rings. The molecule has 4 heteroatoms. The maximum absolute atomic E-state index is 6.20. The third kappa shape index (κ3) is 3.65. The minimum absolute atomic E-state index is 0.859. The lowest BCUT2D eigenvalue weighted by molar-refractivity contribution is 0.477. The highest BCUT2D eigenvalue weighted by Crippen LogP contribution is 2.50. The van der Waals surface area contributed by atoms with E-state index in [0.717, 1.165) is 28.6 Å². The Morgan fingerprint density at radius 2 is 1.20 bits per heavy atom. The Bertz CT molecular complexity index is 1980.